The number of hydrogen-bond acceptors (Lipinski definition) is 3. The maximum absolute atomic E-state index is 11.1. The van der Waals surface area contributed by atoms with Crippen molar-refractivity contribution in [3.05, 3.63) is 41.5 Å². The number of piperazine rings is 1. The molecule has 1 aliphatic heterocycles. The molecule has 1 aromatic rings. The normalized spacial score (nSPS) is 17.0. The van der Waals surface area contributed by atoms with Gasteiger partial charge in [0, 0.05) is 31.7 Å². The maximum Gasteiger partial charge on any atom is 0.124 e. The van der Waals surface area contributed by atoms with Crippen molar-refractivity contribution in [1.82, 2.24) is 10.2 Å². The lowest BCUT2D eigenvalue weighted by molar-refractivity contribution is 0.200. The minimum atomic E-state index is -0.102. The Labute approximate surface area is 172 Å². The molecule has 3 nitrogen and oxygen atoms in total. The van der Waals surface area contributed by atoms with Crippen molar-refractivity contribution >= 4 is 24.8 Å². The van der Waals surface area contributed by atoms with Crippen LogP contribution in [0.5, 0.6) is 5.75 Å². The van der Waals surface area contributed by atoms with Crippen LogP contribution in [0, 0.1) is 0 Å². The summed E-state index contributed by atoms with van der Waals surface area (Å²) < 4.78 is 0. The van der Waals surface area contributed by atoms with Gasteiger partial charge < -0.3 is 10.4 Å². The van der Waals surface area contributed by atoms with Gasteiger partial charge in [0.05, 0.1) is 6.04 Å². The highest BCUT2D eigenvalue weighted by molar-refractivity contribution is 5.85. The van der Waals surface area contributed by atoms with Gasteiger partial charge in [0.15, 0.2) is 0 Å². The molecule has 0 spiro atoms. The zero-order valence-corrected chi connectivity index (χ0v) is 18.7. The summed E-state index contributed by atoms with van der Waals surface area (Å²) in [7, 11) is 0. The van der Waals surface area contributed by atoms with Crippen molar-refractivity contribution in [2.45, 2.75) is 58.4 Å². The molecule has 1 aromatic carbocycles. The number of halogens is 2. The molecule has 2 N–H and O–H groups in total. The number of hydrogen-bond donors (Lipinski definition) is 2. The van der Waals surface area contributed by atoms with Crippen molar-refractivity contribution in [2.75, 3.05) is 26.2 Å². The molecule has 2 rings (SSSR count). The zero-order valence-electron chi connectivity index (χ0n) is 17.1. The molecule has 1 atom stereocenters. The number of aromatic hydroxyl groups is 1. The van der Waals surface area contributed by atoms with Gasteiger partial charge in [-0.15, -0.1) is 31.4 Å². The van der Waals surface area contributed by atoms with Gasteiger partial charge >= 0.3 is 0 Å². The van der Waals surface area contributed by atoms with Crippen molar-refractivity contribution < 1.29 is 5.11 Å². The monoisotopic (exact) mass is 402 g/mol. The second kappa shape index (κ2) is 9.45. The fourth-order valence-electron chi connectivity index (χ4n) is 3.32. The highest BCUT2D eigenvalue weighted by Crippen LogP contribution is 2.41. The molecule has 5 heteroatoms. The van der Waals surface area contributed by atoms with Gasteiger partial charge in [-0.3, -0.25) is 4.90 Å². The van der Waals surface area contributed by atoms with Crippen LogP contribution in [0.4, 0.5) is 0 Å². The van der Waals surface area contributed by atoms with Gasteiger partial charge in [0.2, 0.25) is 0 Å². The summed E-state index contributed by atoms with van der Waals surface area (Å²) in [4.78, 5) is 2.40. The second-order valence-electron chi connectivity index (χ2n) is 8.93. The predicted octanol–water partition coefficient (Wildman–Crippen LogP) is 4.96. The summed E-state index contributed by atoms with van der Waals surface area (Å²) in [5, 5.41) is 14.4. The van der Waals surface area contributed by atoms with Crippen LogP contribution in [0.25, 0.3) is 0 Å². The van der Waals surface area contributed by atoms with Crippen LogP contribution < -0.4 is 5.32 Å². The first-order valence-corrected chi connectivity index (χ1v) is 9.01. The second-order valence-corrected chi connectivity index (χ2v) is 8.93. The molecular formula is C21H36Cl2N2O. The molecule has 0 aliphatic carbocycles. The average Bonchev–Trinajstić information content (AvgIpc) is 2.48. The Bertz CT molecular complexity index is 597. The van der Waals surface area contributed by atoms with Gasteiger partial charge in [-0.1, -0.05) is 53.7 Å². The van der Waals surface area contributed by atoms with Gasteiger partial charge in [-0.05, 0) is 28.0 Å². The molecule has 0 saturated carbocycles. The van der Waals surface area contributed by atoms with Gasteiger partial charge in [-0.25, -0.2) is 0 Å². The van der Waals surface area contributed by atoms with Crippen LogP contribution in [0.1, 0.15) is 64.3 Å². The van der Waals surface area contributed by atoms with Gasteiger partial charge in [0.25, 0.3) is 0 Å². The van der Waals surface area contributed by atoms with Crippen molar-refractivity contribution in [2.24, 2.45) is 0 Å². The Kier molecular flexibility index (Phi) is 9.19. The molecule has 0 bridgehead atoms. The largest absolute Gasteiger partial charge is 0.507 e. The third-order valence-electron chi connectivity index (χ3n) is 4.90. The molecule has 1 saturated heterocycles. The summed E-state index contributed by atoms with van der Waals surface area (Å²) in [6.45, 7) is 21.1. The van der Waals surface area contributed by atoms with E-state index in [2.05, 4.69) is 70.5 Å². The first-order chi connectivity index (χ1) is 11.1. The molecule has 1 fully saturated rings. The highest BCUT2D eigenvalue weighted by Gasteiger charge is 2.29. The number of nitrogens with zero attached hydrogens (tertiary/aromatic N) is 1. The van der Waals surface area contributed by atoms with Crippen molar-refractivity contribution in [1.29, 1.82) is 0 Å². The van der Waals surface area contributed by atoms with E-state index in [1.807, 2.05) is 6.08 Å². The Morgan fingerprint density at radius 3 is 2.00 bits per heavy atom. The Hall–Kier alpha value is -0.740. The van der Waals surface area contributed by atoms with Crippen LogP contribution >= 0.6 is 24.8 Å². The standard InChI is InChI=1S/C21H34N2O.2ClH/c1-8-18(23-11-9-22-10-12-23)16-13-15(20(2,3)4)14-17(19(16)24)21(5,6)7;;/h8,13-14,18,22,24H,1,9-12H2,2-7H3;2*1H/t18-;;/m0../s1. The van der Waals surface area contributed by atoms with Crippen molar-refractivity contribution in [3.63, 3.8) is 0 Å². The number of benzene rings is 1. The van der Waals surface area contributed by atoms with E-state index in [9.17, 15) is 5.11 Å². The van der Waals surface area contributed by atoms with Crippen molar-refractivity contribution in [3.8, 4) is 5.75 Å². The van der Waals surface area contributed by atoms with Crippen LogP contribution in [0.3, 0.4) is 0 Å². The van der Waals surface area contributed by atoms with E-state index in [0.29, 0.717) is 5.75 Å². The predicted molar refractivity (Wildman–Crippen MR) is 117 cm³/mol. The van der Waals surface area contributed by atoms with Gasteiger partial charge in [-0.2, -0.15) is 0 Å². The highest BCUT2D eigenvalue weighted by atomic mass is 35.5. The third-order valence-corrected chi connectivity index (χ3v) is 4.90. The smallest absolute Gasteiger partial charge is 0.124 e. The minimum absolute atomic E-state index is 0. The van der Waals surface area contributed by atoms with E-state index in [1.54, 1.807) is 0 Å². The summed E-state index contributed by atoms with van der Waals surface area (Å²) in [6.07, 6.45) is 1.97. The minimum Gasteiger partial charge on any atom is -0.507 e. The summed E-state index contributed by atoms with van der Waals surface area (Å²) in [5.41, 5.74) is 3.21. The van der Waals surface area contributed by atoms with Crippen LogP contribution in [-0.4, -0.2) is 36.2 Å². The van der Waals surface area contributed by atoms with E-state index < -0.39 is 0 Å². The number of nitrogens with one attached hydrogen (secondary N) is 1. The molecule has 0 aromatic heterocycles. The van der Waals surface area contributed by atoms with E-state index >= 15 is 0 Å². The van der Waals surface area contributed by atoms with Crippen LogP contribution in [-0.2, 0) is 10.8 Å². The number of rotatable bonds is 3. The Morgan fingerprint density at radius 2 is 1.58 bits per heavy atom. The topological polar surface area (TPSA) is 35.5 Å². The fraction of sp³-hybridized carbons (Fsp3) is 0.619. The SMILES string of the molecule is C=C[C@@H](c1cc(C(C)(C)C)cc(C(C)(C)C)c1O)N1CCNCC1.Cl.Cl. The van der Waals surface area contributed by atoms with Gasteiger partial charge in [0.1, 0.15) is 5.75 Å². The van der Waals surface area contributed by atoms with E-state index in [0.717, 1.165) is 37.3 Å². The third kappa shape index (κ3) is 5.63. The summed E-state index contributed by atoms with van der Waals surface area (Å²) in [6, 6.07) is 4.41. The van der Waals surface area contributed by atoms with E-state index in [-0.39, 0.29) is 41.7 Å². The maximum atomic E-state index is 11.1. The lowest BCUT2D eigenvalue weighted by atomic mass is 9.78. The summed E-state index contributed by atoms with van der Waals surface area (Å²) in [5.74, 6) is 0.430. The quantitative estimate of drug-likeness (QED) is 0.700. The lowest BCUT2D eigenvalue weighted by Crippen LogP contribution is -2.44. The van der Waals surface area contributed by atoms with Crippen LogP contribution in [0.2, 0.25) is 0 Å². The Balaban J connectivity index is 0.00000312. The molecule has 150 valence electrons. The van der Waals surface area contributed by atoms with E-state index in [1.165, 1.54) is 5.56 Å². The molecular weight excluding hydrogens is 367 g/mol. The molecule has 1 aliphatic rings. The lowest BCUT2D eigenvalue weighted by Gasteiger charge is -2.36. The van der Waals surface area contributed by atoms with Crippen LogP contribution in [0.15, 0.2) is 24.8 Å². The first kappa shape index (κ1) is 25.3. The molecule has 0 unspecified atom stereocenters. The fourth-order valence-corrected chi connectivity index (χ4v) is 3.32. The average molecular weight is 403 g/mol. The number of phenolic OH excluding ortho intramolecular Hbond substituents is 1. The molecule has 0 radical (unpaired) electrons. The molecule has 1 heterocycles. The summed E-state index contributed by atoms with van der Waals surface area (Å²) >= 11 is 0. The number of phenols is 1. The first-order valence-electron chi connectivity index (χ1n) is 9.01. The van der Waals surface area contributed by atoms with E-state index in [4.69, 9.17) is 0 Å². The zero-order chi connectivity index (χ0) is 18.1. The Morgan fingerprint density at radius 1 is 1.04 bits per heavy atom. The molecule has 0 amide bonds. The molecule has 26 heavy (non-hydrogen) atoms.